The normalized spacial score (nSPS) is 18.2. The predicted molar refractivity (Wildman–Crippen MR) is 154 cm³/mol. The lowest BCUT2D eigenvalue weighted by molar-refractivity contribution is -0.154. The van der Waals surface area contributed by atoms with E-state index < -0.39 is 0 Å². The lowest BCUT2D eigenvalue weighted by Gasteiger charge is -2.60. The van der Waals surface area contributed by atoms with E-state index in [1.165, 1.54) is 23.5 Å². The van der Waals surface area contributed by atoms with Crippen molar-refractivity contribution in [3.8, 4) is 17.3 Å². The van der Waals surface area contributed by atoms with Crippen LogP contribution in [-0.2, 0) is 17.8 Å². The number of amides is 1. The molecular formula is C30H30FN7O2S. The summed E-state index contributed by atoms with van der Waals surface area (Å²) in [5.41, 5.74) is 5.74. The molecule has 2 N–H and O–H groups in total. The molecule has 0 bridgehead atoms. The highest BCUT2D eigenvalue weighted by atomic mass is 32.1. The highest BCUT2D eigenvalue weighted by Gasteiger charge is 2.55. The number of rotatable bonds is 7. The topological polar surface area (TPSA) is 110 Å². The van der Waals surface area contributed by atoms with Crippen molar-refractivity contribution >= 4 is 33.6 Å². The number of nitriles is 1. The van der Waals surface area contributed by atoms with E-state index in [0.29, 0.717) is 40.9 Å². The first-order valence-electron chi connectivity index (χ1n) is 14.0. The van der Waals surface area contributed by atoms with Gasteiger partial charge in [-0.15, -0.1) is 0 Å². The van der Waals surface area contributed by atoms with Gasteiger partial charge in [-0.25, -0.2) is 13.9 Å². The van der Waals surface area contributed by atoms with Crippen molar-refractivity contribution < 1.29 is 14.3 Å². The Labute approximate surface area is 240 Å². The molecule has 41 heavy (non-hydrogen) atoms. The summed E-state index contributed by atoms with van der Waals surface area (Å²) in [5, 5.41) is 28.0. The van der Waals surface area contributed by atoms with Gasteiger partial charge in [-0.1, -0.05) is 18.3 Å². The van der Waals surface area contributed by atoms with Crippen LogP contribution < -0.4 is 10.2 Å². The number of halogens is 1. The number of hydrogen-bond donors (Lipinski definition) is 2. The van der Waals surface area contributed by atoms with Gasteiger partial charge < -0.3 is 20.2 Å². The van der Waals surface area contributed by atoms with Crippen LogP contribution in [0.4, 0.5) is 15.2 Å². The third kappa shape index (κ3) is 4.51. The number of carbonyl (C=O) groups excluding carboxylic acids is 1. The van der Waals surface area contributed by atoms with E-state index in [1.54, 1.807) is 17.0 Å². The number of nitrogens with zero attached hydrogens (tertiary/aromatic N) is 6. The fourth-order valence-corrected chi connectivity index (χ4v) is 7.28. The number of nitrogens with one attached hydrogen (secondary N) is 1. The van der Waals surface area contributed by atoms with Gasteiger partial charge in [0, 0.05) is 67.1 Å². The molecule has 1 aliphatic carbocycles. The summed E-state index contributed by atoms with van der Waals surface area (Å²) in [4.78, 5) is 21.9. The van der Waals surface area contributed by atoms with Crippen LogP contribution in [-0.4, -0.2) is 62.8 Å². The third-order valence-corrected chi connectivity index (χ3v) is 9.62. The number of thiazole rings is 1. The van der Waals surface area contributed by atoms with E-state index in [2.05, 4.69) is 40.3 Å². The molecule has 1 aromatic carbocycles. The van der Waals surface area contributed by atoms with Crippen LogP contribution in [0.15, 0.2) is 42.6 Å². The molecule has 3 fully saturated rings. The number of benzene rings is 1. The lowest BCUT2D eigenvalue weighted by Crippen LogP contribution is -2.66. The Morgan fingerprint density at radius 2 is 2.00 bits per heavy atom. The molecule has 1 spiro atoms. The third-order valence-electron chi connectivity index (χ3n) is 8.70. The molecular weight excluding hydrogens is 541 g/mol. The predicted octanol–water partition coefficient (Wildman–Crippen LogP) is 4.06. The van der Waals surface area contributed by atoms with Crippen molar-refractivity contribution in [3.05, 3.63) is 64.5 Å². The molecule has 3 aromatic heterocycles. The molecule has 5 heterocycles. The first-order valence-corrected chi connectivity index (χ1v) is 14.8. The average Bonchev–Trinajstić information content (AvgIpc) is 3.49. The summed E-state index contributed by atoms with van der Waals surface area (Å²) in [7, 11) is 0. The van der Waals surface area contributed by atoms with E-state index in [9.17, 15) is 19.6 Å². The highest BCUT2D eigenvalue weighted by Crippen LogP contribution is 2.53. The summed E-state index contributed by atoms with van der Waals surface area (Å²) in [6.45, 7) is 5.45. The van der Waals surface area contributed by atoms with Crippen LogP contribution in [0.2, 0.25) is 0 Å². The number of aryl methyl sites for hydroxylation is 1. The summed E-state index contributed by atoms with van der Waals surface area (Å²) < 4.78 is 15.3. The molecule has 2 aliphatic heterocycles. The zero-order chi connectivity index (χ0) is 28.3. The number of aliphatic hydroxyl groups is 1. The van der Waals surface area contributed by atoms with Crippen LogP contribution in [0.3, 0.4) is 0 Å². The Morgan fingerprint density at radius 1 is 1.24 bits per heavy atom. The van der Waals surface area contributed by atoms with E-state index in [-0.39, 0.29) is 29.2 Å². The molecule has 11 heteroatoms. The van der Waals surface area contributed by atoms with E-state index in [4.69, 9.17) is 5.10 Å². The smallest absolute Gasteiger partial charge is 0.225 e. The molecule has 210 valence electrons. The molecule has 1 saturated carbocycles. The van der Waals surface area contributed by atoms with Crippen LogP contribution in [0.1, 0.15) is 35.9 Å². The molecule has 0 unspecified atom stereocenters. The number of aliphatic hydroxyl groups excluding tert-OH is 1. The Morgan fingerprint density at radius 3 is 2.68 bits per heavy atom. The standard InChI is InChI=1S/C30H30FN7O2S/c1-2-24-23(13-33-29-34-27(26(12-32)41-29)18-3-5-20(31)6-4-18)25-9-21(7-8-38(25)35-24)37-16-30(17-37)10-19(11-30)28(40)36-14-22(39)15-36/h3-9,19,22,39H,2,10-11,13-17H2,1H3,(H,33,34). The van der Waals surface area contributed by atoms with Crippen molar-refractivity contribution in [2.24, 2.45) is 11.3 Å². The second kappa shape index (κ2) is 9.82. The number of likely N-dealkylation sites (tertiary alicyclic amines) is 1. The number of fused-ring (bicyclic) bond motifs is 1. The molecule has 1 amide bonds. The van der Waals surface area contributed by atoms with Gasteiger partial charge in [0.15, 0.2) is 5.13 Å². The molecule has 4 aromatic rings. The van der Waals surface area contributed by atoms with Crippen molar-refractivity contribution in [2.45, 2.75) is 38.8 Å². The highest BCUT2D eigenvalue weighted by molar-refractivity contribution is 7.16. The maximum absolute atomic E-state index is 13.4. The number of anilines is 2. The zero-order valence-corrected chi connectivity index (χ0v) is 23.5. The number of carbonyl (C=O) groups is 1. The summed E-state index contributed by atoms with van der Waals surface area (Å²) in [6.07, 6.45) is 4.29. The minimum Gasteiger partial charge on any atom is -0.389 e. The molecule has 0 atom stereocenters. The van der Waals surface area contributed by atoms with Crippen molar-refractivity contribution in [3.63, 3.8) is 0 Å². The van der Waals surface area contributed by atoms with Crippen LogP contribution in [0.5, 0.6) is 0 Å². The lowest BCUT2D eigenvalue weighted by atomic mass is 9.57. The maximum Gasteiger partial charge on any atom is 0.225 e. The van der Waals surface area contributed by atoms with Gasteiger partial charge in [0.1, 0.15) is 22.5 Å². The van der Waals surface area contributed by atoms with E-state index in [0.717, 1.165) is 54.8 Å². The Balaban J connectivity index is 1.05. The summed E-state index contributed by atoms with van der Waals surface area (Å²) >= 11 is 1.29. The molecule has 0 radical (unpaired) electrons. The van der Waals surface area contributed by atoms with Crippen LogP contribution >= 0.6 is 11.3 Å². The molecule has 3 aliphatic rings. The molecule has 7 rings (SSSR count). The van der Waals surface area contributed by atoms with Crippen molar-refractivity contribution in [2.75, 3.05) is 36.4 Å². The Hall–Kier alpha value is -4.01. The minimum atomic E-state index is -0.352. The summed E-state index contributed by atoms with van der Waals surface area (Å²) in [6, 6.07) is 12.5. The number of hydrogen-bond acceptors (Lipinski definition) is 8. The monoisotopic (exact) mass is 571 g/mol. The summed E-state index contributed by atoms with van der Waals surface area (Å²) in [5.74, 6) is -0.0247. The minimum absolute atomic E-state index is 0.0998. The van der Waals surface area contributed by atoms with Gasteiger partial charge >= 0.3 is 0 Å². The second-order valence-corrected chi connectivity index (χ2v) is 12.5. The Kier molecular flexibility index (Phi) is 6.21. The van der Waals surface area contributed by atoms with Gasteiger partial charge in [0.25, 0.3) is 0 Å². The van der Waals surface area contributed by atoms with Gasteiger partial charge in [-0.05, 0) is 55.7 Å². The van der Waals surface area contributed by atoms with Gasteiger partial charge in [-0.2, -0.15) is 10.4 Å². The zero-order valence-electron chi connectivity index (χ0n) is 22.7. The van der Waals surface area contributed by atoms with Crippen LogP contribution in [0, 0.1) is 28.5 Å². The first kappa shape index (κ1) is 25.9. The SMILES string of the molecule is CCc1nn2ccc(N3CC4(CC(C(=O)N5CC(O)C5)C4)C3)cc2c1CNc1nc(-c2ccc(F)cc2)c(C#N)s1. The van der Waals surface area contributed by atoms with E-state index >= 15 is 0 Å². The average molecular weight is 572 g/mol. The molecule has 9 nitrogen and oxygen atoms in total. The van der Waals surface area contributed by atoms with Gasteiger partial charge in [-0.3, -0.25) is 4.79 Å². The maximum atomic E-state index is 13.4. The molecule has 2 saturated heterocycles. The van der Waals surface area contributed by atoms with Gasteiger partial charge in [0.05, 0.1) is 17.3 Å². The number of β-amino-alcohol motifs (C(OH)–C–C–N with tert-alkyl or cyclic N) is 1. The largest absolute Gasteiger partial charge is 0.389 e. The van der Waals surface area contributed by atoms with Crippen molar-refractivity contribution in [1.82, 2.24) is 19.5 Å². The Bertz CT molecular complexity index is 1670. The fourth-order valence-electron chi connectivity index (χ4n) is 6.50. The first-order chi connectivity index (χ1) is 19.8. The van der Waals surface area contributed by atoms with Gasteiger partial charge in [0.2, 0.25) is 5.91 Å². The van der Waals surface area contributed by atoms with Crippen molar-refractivity contribution in [1.29, 1.82) is 5.26 Å². The second-order valence-electron chi connectivity index (χ2n) is 11.5. The fraction of sp³-hybridized carbons (Fsp3) is 0.400. The quantitative estimate of drug-likeness (QED) is 0.344. The number of pyridine rings is 1. The number of aromatic nitrogens is 3. The van der Waals surface area contributed by atoms with Crippen LogP contribution in [0.25, 0.3) is 16.8 Å². The van der Waals surface area contributed by atoms with E-state index in [1.807, 2.05) is 10.7 Å².